The number of terminal acetylenes is 1. The summed E-state index contributed by atoms with van der Waals surface area (Å²) in [5.74, 6) is 2.82. The van der Waals surface area contributed by atoms with Gasteiger partial charge in [0.1, 0.15) is 17.3 Å². The number of carbonyl (C=O) groups is 1. The average Bonchev–Trinajstić information content (AvgIpc) is 3.07. The molecule has 142 valence electrons. The van der Waals surface area contributed by atoms with Crippen LogP contribution in [0.25, 0.3) is 10.2 Å². The van der Waals surface area contributed by atoms with Crippen LogP contribution in [0.3, 0.4) is 0 Å². The molecule has 0 aliphatic heterocycles. The Hall–Kier alpha value is -3.69. The second-order valence-electron chi connectivity index (χ2n) is 6.12. The van der Waals surface area contributed by atoms with Crippen LogP contribution in [0.2, 0.25) is 0 Å². The fourth-order valence-electron chi connectivity index (χ4n) is 2.88. The summed E-state index contributed by atoms with van der Waals surface area (Å²) >= 11 is 1.22. The summed E-state index contributed by atoms with van der Waals surface area (Å²) in [6, 6.07) is 20.8. The summed E-state index contributed by atoms with van der Waals surface area (Å²) in [6.07, 6.45) is 5.43. The number of para-hydroxylation sites is 2. The Morgan fingerprint density at radius 3 is 2.62 bits per heavy atom. The molecular weight excluding hydrogens is 387 g/mol. The predicted molar refractivity (Wildman–Crippen MR) is 111 cm³/mol. The third-order valence-electron chi connectivity index (χ3n) is 4.16. The van der Waals surface area contributed by atoms with Crippen LogP contribution in [0.4, 0.5) is 4.39 Å². The van der Waals surface area contributed by atoms with E-state index in [0.717, 1.165) is 0 Å². The van der Waals surface area contributed by atoms with E-state index in [1.54, 1.807) is 36.4 Å². The lowest BCUT2D eigenvalue weighted by Crippen LogP contribution is -2.17. The third-order valence-corrected chi connectivity index (χ3v) is 5.20. The number of nitrogens with zero attached hydrogens (tertiary/aromatic N) is 2. The molecule has 0 spiro atoms. The van der Waals surface area contributed by atoms with E-state index >= 15 is 0 Å². The van der Waals surface area contributed by atoms with Gasteiger partial charge in [0.15, 0.2) is 4.80 Å². The maximum absolute atomic E-state index is 14.3. The number of thiazole rings is 1. The predicted octanol–water partition coefficient (Wildman–Crippen LogP) is 5.01. The summed E-state index contributed by atoms with van der Waals surface area (Å²) in [5, 5.41) is 0. The molecule has 0 aliphatic rings. The van der Waals surface area contributed by atoms with Crippen molar-refractivity contribution in [3.8, 4) is 23.8 Å². The highest BCUT2D eigenvalue weighted by Gasteiger charge is 2.12. The SMILES string of the molecule is C#CCn1c(=NC(=O)c2cccc(Oc3ccccc3)c2)sc2cccc(F)c21. The highest BCUT2D eigenvalue weighted by atomic mass is 32.1. The Bertz CT molecular complexity index is 1300. The molecule has 0 aliphatic carbocycles. The van der Waals surface area contributed by atoms with E-state index in [9.17, 15) is 9.18 Å². The van der Waals surface area contributed by atoms with Gasteiger partial charge in [0.05, 0.1) is 16.8 Å². The molecule has 1 aromatic heterocycles. The van der Waals surface area contributed by atoms with Gasteiger partial charge in [-0.25, -0.2) is 4.39 Å². The van der Waals surface area contributed by atoms with E-state index in [1.807, 2.05) is 30.3 Å². The van der Waals surface area contributed by atoms with Crippen molar-refractivity contribution < 1.29 is 13.9 Å². The minimum Gasteiger partial charge on any atom is -0.457 e. The van der Waals surface area contributed by atoms with Gasteiger partial charge in [-0.15, -0.1) is 6.42 Å². The van der Waals surface area contributed by atoms with E-state index in [0.29, 0.717) is 32.1 Å². The molecule has 4 aromatic rings. The molecule has 0 N–H and O–H groups in total. The molecule has 0 saturated heterocycles. The molecule has 0 atom stereocenters. The minimum absolute atomic E-state index is 0.115. The topological polar surface area (TPSA) is 43.6 Å². The Morgan fingerprint density at radius 1 is 1.07 bits per heavy atom. The molecule has 0 fully saturated rings. The van der Waals surface area contributed by atoms with E-state index in [-0.39, 0.29) is 6.54 Å². The minimum atomic E-state index is -0.457. The first-order chi connectivity index (χ1) is 14.2. The number of halogens is 1. The van der Waals surface area contributed by atoms with Crippen molar-refractivity contribution in [2.75, 3.05) is 0 Å². The van der Waals surface area contributed by atoms with E-state index in [2.05, 4.69) is 10.9 Å². The van der Waals surface area contributed by atoms with Crippen molar-refractivity contribution in [3.63, 3.8) is 0 Å². The molecule has 0 saturated carbocycles. The first kappa shape index (κ1) is 18.7. The maximum atomic E-state index is 14.3. The van der Waals surface area contributed by atoms with Gasteiger partial charge in [0, 0.05) is 5.56 Å². The number of fused-ring (bicyclic) bond motifs is 1. The number of benzene rings is 3. The molecule has 0 unspecified atom stereocenters. The Balaban J connectivity index is 1.72. The molecular formula is C23H15FN2O2S. The van der Waals surface area contributed by atoms with Crippen molar-refractivity contribution in [1.82, 2.24) is 4.57 Å². The normalized spacial score (nSPS) is 11.4. The number of hydrogen-bond donors (Lipinski definition) is 0. The van der Waals surface area contributed by atoms with Gasteiger partial charge in [0.25, 0.3) is 5.91 Å². The number of amides is 1. The number of rotatable bonds is 4. The first-order valence-electron chi connectivity index (χ1n) is 8.79. The Labute approximate surface area is 170 Å². The average molecular weight is 402 g/mol. The van der Waals surface area contributed by atoms with Gasteiger partial charge < -0.3 is 9.30 Å². The lowest BCUT2D eigenvalue weighted by Gasteiger charge is -2.06. The van der Waals surface area contributed by atoms with E-state index in [4.69, 9.17) is 11.2 Å². The van der Waals surface area contributed by atoms with Gasteiger partial charge in [-0.1, -0.05) is 47.6 Å². The first-order valence-corrected chi connectivity index (χ1v) is 9.61. The zero-order chi connectivity index (χ0) is 20.2. The van der Waals surface area contributed by atoms with Crippen molar-refractivity contribution in [3.05, 3.63) is 89.0 Å². The van der Waals surface area contributed by atoms with Crippen LogP contribution in [0.1, 0.15) is 10.4 Å². The number of hydrogen-bond acceptors (Lipinski definition) is 3. The van der Waals surface area contributed by atoms with Crippen LogP contribution < -0.4 is 9.54 Å². The van der Waals surface area contributed by atoms with Crippen LogP contribution in [0, 0.1) is 18.2 Å². The fraction of sp³-hybridized carbons (Fsp3) is 0.0435. The summed E-state index contributed by atoms with van der Waals surface area (Å²) < 4.78 is 22.3. The van der Waals surface area contributed by atoms with Crippen molar-refractivity contribution >= 4 is 27.5 Å². The van der Waals surface area contributed by atoms with Crippen molar-refractivity contribution in [2.24, 2.45) is 4.99 Å². The highest BCUT2D eigenvalue weighted by molar-refractivity contribution is 7.16. The summed E-state index contributed by atoms with van der Waals surface area (Å²) in [4.78, 5) is 17.3. The fourth-order valence-corrected chi connectivity index (χ4v) is 3.92. The Morgan fingerprint density at radius 2 is 1.83 bits per heavy atom. The second kappa shape index (κ2) is 8.13. The zero-order valence-corrected chi connectivity index (χ0v) is 16.0. The summed E-state index contributed by atoms with van der Waals surface area (Å²) in [7, 11) is 0. The van der Waals surface area contributed by atoms with Gasteiger partial charge in [0.2, 0.25) is 0 Å². The monoisotopic (exact) mass is 402 g/mol. The van der Waals surface area contributed by atoms with E-state index < -0.39 is 11.7 Å². The van der Waals surface area contributed by atoms with Gasteiger partial charge >= 0.3 is 0 Å². The molecule has 6 heteroatoms. The molecule has 1 amide bonds. The zero-order valence-electron chi connectivity index (χ0n) is 15.2. The number of carbonyl (C=O) groups excluding carboxylic acids is 1. The molecule has 3 aromatic carbocycles. The standard InChI is InChI=1S/C23H15FN2O2S/c1-2-14-26-21-19(24)12-7-13-20(21)29-23(26)25-22(27)16-8-6-11-18(15-16)28-17-9-4-3-5-10-17/h1,3-13,15H,14H2. The largest absolute Gasteiger partial charge is 0.457 e. The van der Waals surface area contributed by atoms with Crippen LogP contribution in [-0.4, -0.2) is 10.5 Å². The van der Waals surface area contributed by atoms with Gasteiger partial charge in [-0.3, -0.25) is 4.79 Å². The number of aromatic nitrogens is 1. The number of ether oxygens (including phenoxy) is 1. The van der Waals surface area contributed by atoms with Crippen molar-refractivity contribution in [1.29, 1.82) is 0 Å². The van der Waals surface area contributed by atoms with E-state index in [1.165, 1.54) is 22.0 Å². The van der Waals surface area contributed by atoms with Gasteiger partial charge in [-0.05, 0) is 42.5 Å². The quantitative estimate of drug-likeness (QED) is 0.451. The lowest BCUT2D eigenvalue weighted by atomic mass is 10.2. The summed E-state index contributed by atoms with van der Waals surface area (Å²) in [6.45, 7) is 0.115. The smallest absolute Gasteiger partial charge is 0.279 e. The third kappa shape index (κ3) is 3.96. The molecule has 4 rings (SSSR count). The molecule has 0 radical (unpaired) electrons. The highest BCUT2D eigenvalue weighted by Crippen LogP contribution is 2.23. The van der Waals surface area contributed by atoms with Crippen molar-refractivity contribution in [2.45, 2.75) is 6.54 Å². The van der Waals surface area contributed by atoms with Gasteiger partial charge in [-0.2, -0.15) is 4.99 Å². The summed E-state index contributed by atoms with van der Waals surface area (Å²) in [5.41, 5.74) is 0.715. The second-order valence-corrected chi connectivity index (χ2v) is 7.13. The van der Waals surface area contributed by atoms with Crippen LogP contribution in [-0.2, 0) is 6.54 Å². The molecule has 1 heterocycles. The lowest BCUT2D eigenvalue weighted by molar-refractivity contribution is 0.0997. The Kier molecular flexibility index (Phi) is 5.23. The van der Waals surface area contributed by atoms with Crippen LogP contribution >= 0.6 is 11.3 Å². The molecule has 29 heavy (non-hydrogen) atoms. The maximum Gasteiger partial charge on any atom is 0.279 e. The molecule has 4 nitrogen and oxygen atoms in total. The van der Waals surface area contributed by atoms with Crippen LogP contribution in [0.5, 0.6) is 11.5 Å². The van der Waals surface area contributed by atoms with Crippen LogP contribution in [0.15, 0.2) is 77.8 Å². The molecule has 0 bridgehead atoms.